The van der Waals surface area contributed by atoms with Gasteiger partial charge in [-0.3, -0.25) is 0 Å². The van der Waals surface area contributed by atoms with Gasteiger partial charge in [-0.15, -0.1) is 0 Å². The van der Waals surface area contributed by atoms with Gasteiger partial charge in [-0.05, 0) is 0 Å². The van der Waals surface area contributed by atoms with Crippen LogP contribution in [0.4, 0.5) is 0 Å². The second-order valence-electron chi connectivity index (χ2n) is 3.95. The van der Waals surface area contributed by atoms with E-state index in [1.807, 2.05) is 0 Å². The van der Waals surface area contributed by atoms with Crippen molar-refractivity contribution in [3.05, 3.63) is 54.6 Å². The zero-order valence-electron chi connectivity index (χ0n) is 9.80. The summed E-state index contributed by atoms with van der Waals surface area (Å²) in [7, 11) is -3.79. The van der Waals surface area contributed by atoms with E-state index in [2.05, 4.69) is 0 Å². The Balaban J connectivity index is 2.46. The second kappa shape index (κ2) is 4.98. The monoisotopic (exact) mass is 341 g/mol. The average molecular weight is 341 g/mol. The van der Waals surface area contributed by atoms with Crippen LogP contribution in [0.25, 0.3) is 0 Å². The number of primary sulfonamides is 1. The van der Waals surface area contributed by atoms with Crippen molar-refractivity contribution in [1.29, 1.82) is 0 Å². The molecule has 0 amide bonds. The molecule has 0 saturated carbocycles. The van der Waals surface area contributed by atoms with E-state index in [1.54, 1.807) is 30.3 Å². The molecule has 0 bridgehead atoms. The third-order valence-electron chi connectivity index (χ3n) is 2.62. The molecule has 1 atom stereocenters. The van der Waals surface area contributed by atoms with Crippen LogP contribution in [0, 0.1) is 0 Å². The summed E-state index contributed by atoms with van der Waals surface area (Å²) in [5, 5.41) is 4.97. The third-order valence-corrected chi connectivity index (χ3v) is 7.74. The molecule has 0 aliphatic heterocycles. The predicted octanol–water partition coefficient (Wildman–Crippen LogP) is -0.687. The van der Waals surface area contributed by atoms with Crippen LogP contribution in [0.15, 0.2) is 59.5 Å². The SMILES string of the molecule is NS(=O)(=O)c1ccc([As](=O)(O)c2ccccc2)cc1. The number of rotatable bonds is 3. The molecule has 19 heavy (non-hydrogen) atoms. The summed E-state index contributed by atoms with van der Waals surface area (Å²) in [6.07, 6.45) is 0. The Hall–Kier alpha value is -1.33. The van der Waals surface area contributed by atoms with Gasteiger partial charge in [-0.25, -0.2) is 0 Å². The topological polar surface area (TPSA) is 97.5 Å². The Morgan fingerprint density at radius 2 is 1.37 bits per heavy atom. The first-order valence-corrected chi connectivity index (χ1v) is 10.4. The van der Waals surface area contributed by atoms with Gasteiger partial charge in [0.1, 0.15) is 0 Å². The molecule has 2 rings (SSSR count). The average Bonchev–Trinajstić information content (AvgIpc) is 2.39. The third kappa shape index (κ3) is 2.98. The van der Waals surface area contributed by atoms with Gasteiger partial charge in [0, 0.05) is 0 Å². The molecule has 0 fully saturated rings. The van der Waals surface area contributed by atoms with E-state index in [4.69, 9.17) is 5.14 Å². The molecular weight excluding hydrogens is 329 g/mol. The van der Waals surface area contributed by atoms with E-state index in [-0.39, 0.29) is 9.25 Å². The fourth-order valence-electron chi connectivity index (χ4n) is 1.62. The first-order chi connectivity index (χ1) is 8.82. The van der Waals surface area contributed by atoms with Crippen LogP contribution in [-0.2, 0) is 13.8 Å². The van der Waals surface area contributed by atoms with Crippen LogP contribution < -0.4 is 13.8 Å². The van der Waals surface area contributed by atoms with E-state index in [0.717, 1.165) is 0 Å². The van der Waals surface area contributed by atoms with Gasteiger partial charge in [0.2, 0.25) is 0 Å². The summed E-state index contributed by atoms with van der Waals surface area (Å²) in [4.78, 5) is -0.0835. The number of benzene rings is 2. The van der Waals surface area contributed by atoms with E-state index < -0.39 is 23.9 Å². The van der Waals surface area contributed by atoms with Crippen LogP contribution in [0.5, 0.6) is 0 Å². The quantitative estimate of drug-likeness (QED) is 0.723. The van der Waals surface area contributed by atoms with E-state index in [1.165, 1.54) is 24.3 Å². The summed E-state index contributed by atoms with van der Waals surface area (Å²) in [5.41, 5.74) is 0. The minimum absolute atomic E-state index is 0.0835. The summed E-state index contributed by atoms with van der Waals surface area (Å²) < 4.78 is 45.4. The molecule has 0 heterocycles. The van der Waals surface area contributed by atoms with Crippen molar-refractivity contribution in [3.63, 3.8) is 0 Å². The normalized spacial score (nSPS) is 14.8. The van der Waals surface area contributed by atoms with E-state index >= 15 is 0 Å². The standard InChI is InChI=1S/C12H12AsNO4S/c14-19(17,18)12-8-6-11(7-9-12)13(15,16)10-4-2-1-3-5-10/h1-9H,(H,15,16)(H2,14,17,18). The molecule has 5 nitrogen and oxygen atoms in total. The fraction of sp³-hybridized carbons (Fsp3) is 0. The fourth-order valence-corrected chi connectivity index (χ4v) is 5.13. The van der Waals surface area contributed by atoms with Crippen LogP contribution in [-0.4, -0.2) is 26.3 Å². The Morgan fingerprint density at radius 3 is 1.84 bits per heavy atom. The van der Waals surface area contributed by atoms with Crippen molar-refractivity contribution in [3.8, 4) is 0 Å². The van der Waals surface area contributed by atoms with Crippen molar-refractivity contribution < 1.29 is 16.3 Å². The van der Waals surface area contributed by atoms with Gasteiger partial charge in [0.15, 0.2) is 0 Å². The van der Waals surface area contributed by atoms with Gasteiger partial charge in [-0.1, -0.05) is 0 Å². The van der Waals surface area contributed by atoms with Gasteiger partial charge in [0.05, 0.1) is 0 Å². The molecule has 2 aromatic rings. The molecule has 0 saturated heterocycles. The van der Waals surface area contributed by atoms with Crippen molar-refractivity contribution in [2.45, 2.75) is 4.90 Å². The van der Waals surface area contributed by atoms with Crippen LogP contribution >= 0.6 is 0 Å². The zero-order valence-corrected chi connectivity index (χ0v) is 12.5. The molecule has 7 heteroatoms. The summed E-state index contributed by atoms with van der Waals surface area (Å²) >= 11 is -4.40. The van der Waals surface area contributed by atoms with Crippen molar-refractivity contribution in [2.24, 2.45) is 5.14 Å². The Labute approximate surface area is 113 Å². The number of nitrogens with two attached hydrogens (primary N) is 1. The molecule has 0 aromatic heterocycles. The van der Waals surface area contributed by atoms with E-state index in [0.29, 0.717) is 4.35 Å². The molecule has 1 unspecified atom stereocenters. The molecule has 2 aromatic carbocycles. The Kier molecular flexibility index (Phi) is 3.69. The van der Waals surface area contributed by atoms with Crippen LogP contribution in [0.2, 0.25) is 0 Å². The second-order valence-corrected chi connectivity index (χ2v) is 10.1. The van der Waals surface area contributed by atoms with E-state index in [9.17, 15) is 16.3 Å². The Bertz CT molecular complexity index is 726. The van der Waals surface area contributed by atoms with Gasteiger partial charge in [0.25, 0.3) is 0 Å². The molecule has 0 aliphatic rings. The van der Waals surface area contributed by atoms with Crippen LogP contribution in [0.1, 0.15) is 0 Å². The van der Waals surface area contributed by atoms with Gasteiger partial charge < -0.3 is 0 Å². The van der Waals surface area contributed by atoms with Gasteiger partial charge >= 0.3 is 113 Å². The predicted molar refractivity (Wildman–Crippen MR) is 72.2 cm³/mol. The summed E-state index contributed by atoms with van der Waals surface area (Å²) in [6.45, 7) is 0. The number of hydrogen-bond acceptors (Lipinski definition) is 3. The number of sulfonamides is 1. The maximum absolute atomic E-state index is 12.4. The summed E-state index contributed by atoms with van der Waals surface area (Å²) in [5.74, 6) is 0. The Morgan fingerprint density at radius 1 is 0.895 bits per heavy atom. The maximum atomic E-state index is 12.4. The molecule has 0 radical (unpaired) electrons. The van der Waals surface area contributed by atoms with Gasteiger partial charge in [-0.2, -0.15) is 0 Å². The van der Waals surface area contributed by atoms with Crippen molar-refractivity contribution in [2.75, 3.05) is 0 Å². The van der Waals surface area contributed by atoms with Crippen LogP contribution in [0.3, 0.4) is 0 Å². The molecule has 0 aliphatic carbocycles. The minimum atomic E-state index is -4.40. The number of hydrogen-bond donors (Lipinski definition) is 2. The molecular formula is C12H12AsNO4S. The first kappa shape index (κ1) is 14.1. The summed E-state index contributed by atoms with van der Waals surface area (Å²) in [6, 6.07) is 13.4. The van der Waals surface area contributed by atoms with Crippen molar-refractivity contribution >= 4 is 32.6 Å². The first-order valence-electron chi connectivity index (χ1n) is 5.33. The van der Waals surface area contributed by atoms with Crippen molar-refractivity contribution in [1.82, 2.24) is 0 Å². The molecule has 3 N–H and O–H groups in total. The molecule has 0 spiro atoms. The molecule has 100 valence electrons. The zero-order chi connectivity index (χ0) is 14.1.